The zero-order valence-corrected chi connectivity index (χ0v) is 7.74. The van der Waals surface area contributed by atoms with Gasteiger partial charge < -0.3 is 4.74 Å². The molecule has 72 valence electrons. The van der Waals surface area contributed by atoms with Crippen LogP contribution in [-0.2, 0) is 0 Å². The molecule has 0 aliphatic carbocycles. The van der Waals surface area contributed by atoms with E-state index in [-0.39, 0.29) is 0 Å². The molecule has 0 aromatic carbocycles. The predicted molar refractivity (Wildman–Crippen MR) is 48.4 cm³/mol. The van der Waals surface area contributed by atoms with Gasteiger partial charge in [0.05, 0.1) is 7.11 Å². The Balaban J connectivity index is 2.85. The number of fused-ring (bicyclic) bond motifs is 1. The van der Waals surface area contributed by atoms with Gasteiger partial charge in [0, 0.05) is 0 Å². The van der Waals surface area contributed by atoms with E-state index in [4.69, 9.17) is 4.74 Å². The molecule has 1 N–H and O–H groups in total. The highest BCUT2D eigenvalue weighted by Gasteiger charge is 2.13. The Labute approximate surface area is 79.3 Å². The van der Waals surface area contributed by atoms with Crippen molar-refractivity contribution in [2.45, 2.75) is 6.92 Å². The van der Waals surface area contributed by atoms with Crippen LogP contribution in [0.1, 0.15) is 16.3 Å². The van der Waals surface area contributed by atoms with Gasteiger partial charge in [-0.3, -0.25) is 9.89 Å². The minimum atomic E-state index is 0.330. The summed E-state index contributed by atoms with van der Waals surface area (Å²) in [6.07, 6.45) is 0.663. The quantitative estimate of drug-likeness (QED) is 0.700. The molecular weight excluding hydrogens is 184 g/mol. The molecule has 0 unspecified atom stereocenters. The number of hydrogen-bond acceptors (Lipinski definition) is 5. The largest absolute Gasteiger partial charge is 0.480 e. The van der Waals surface area contributed by atoms with E-state index in [1.54, 1.807) is 6.92 Å². The third-order valence-electron chi connectivity index (χ3n) is 1.83. The van der Waals surface area contributed by atoms with Gasteiger partial charge in [0.15, 0.2) is 11.9 Å². The third kappa shape index (κ3) is 1.12. The summed E-state index contributed by atoms with van der Waals surface area (Å²) in [5.74, 6) is 0.918. The van der Waals surface area contributed by atoms with Gasteiger partial charge in [-0.2, -0.15) is 10.1 Å². The van der Waals surface area contributed by atoms with E-state index in [0.29, 0.717) is 34.7 Å². The summed E-state index contributed by atoms with van der Waals surface area (Å²) in [5, 5.41) is 6.96. The Hall–Kier alpha value is -1.98. The van der Waals surface area contributed by atoms with Crippen LogP contribution in [0.15, 0.2) is 0 Å². The van der Waals surface area contributed by atoms with Gasteiger partial charge in [-0.15, -0.1) is 0 Å². The van der Waals surface area contributed by atoms with Crippen molar-refractivity contribution in [3.8, 4) is 5.88 Å². The van der Waals surface area contributed by atoms with Crippen molar-refractivity contribution in [3.05, 3.63) is 11.5 Å². The fraction of sp³-hybridized carbons (Fsp3) is 0.250. The lowest BCUT2D eigenvalue weighted by molar-refractivity contribution is 0.112. The SMILES string of the molecule is COc1nc(C)nc2n[nH]c(C=O)c12. The van der Waals surface area contributed by atoms with E-state index in [1.165, 1.54) is 7.11 Å². The van der Waals surface area contributed by atoms with Crippen molar-refractivity contribution >= 4 is 17.3 Å². The van der Waals surface area contributed by atoms with Gasteiger partial charge in [0.2, 0.25) is 5.88 Å². The van der Waals surface area contributed by atoms with Crippen LogP contribution in [0.2, 0.25) is 0 Å². The van der Waals surface area contributed by atoms with Crippen molar-refractivity contribution in [3.63, 3.8) is 0 Å². The summed E-state index contributed by atoms with van der Waals surface area (Å²) >= 11 is 0. The standard InChI is InChI=1S/C8H8N4O2/c1-4-9-7-6(8(10-4)14-2)5(3-13)11-12-7/h3H,1-2H3,(H,9,10,11,12). The minimum absolute atomic E-state index is 0.330. The zero-order chi connectivity index (χ0) is 10.1. The van der Waals surface area contributed by atoms with Crippen LogP contribution in [-0.4, -0.2) is 33.6 Å². The average molecular weight is 192 g/mol. The first-order valence-corrected chi connectivity index (χ1v) is 3.98. The summed E-state index contributed by atoms with van der Waals surface area (Å²) in [5.41, 5.74) is 0.772. The number of nitrogens with zero attached hydrogens (tertiary/aromatic N) is 3. The molecule has 14 heavy (non-hydrogen) atoms. The molecule has 2 heterocycles. The van der Waals surface area contributed by atoms with E-state index in [9.17, 15) is 4.79 Å². The molecule has 2 aromatic rings. The molecule has 0 radical (unpaired) electrons. The van der Waals surface area contributed by atoms with Crippen LogP contribution in [0.25, 0.3) is 11.0 Å². The Morgan fingerprint density at radius 3 is 2.86 bits per heavy atom. The van der Waals surface area contributed by atoms with E-state index in [2.05, 4.69) is 20.2 Å². The van der Waals surface area contributed by atoms with Gasteiger partial charge in [0.25, 0.3) is 0 Å². The van der Waals surface area contributed by atoms with Crippen LogP contribution in [0, 0.1) is 6.92 Å². The highest BCUT2D eigenvalue weighted by Crippen LogP contribution is 2.22. The van der Waals surface area contributed by atoms with E-state index in [1.807, 2.05) is 0 Å². The van der Waals surface area contributed by atoms with E-state index >= 15 is 0 Å². The summed E-state index contributed by atoms with van der Waals surface area (Å²) in [4.78, 5) is 18.8. The predicted octanol–water partition coefficient (Wildman–Crippen LogP) is 0.482. The first-order chi connectivity index (χ1) is 6.76. The van der Waals surface area contributed by atoms with Crippen LogP contribution in [0.3, 0.4) is 0 Å². The number of nitrogens with one attached hydrogen (secondary N) is 1. The summed E-state index contributed by atoms with van der Waals surface area (Å²) in [6, 6.07) is 0. The van der Waals surface area contributed by atoms with Gasteiger partial charge in [-0.25, -0.2) is 4.98 Å². The van der Waals surface area contributed by atoms with Gasteiger partial charge >= 0.3 is 0 Å². The maximum absolute atomic E-state index is 10.7. The zero-order valence-electron chi connectivity index (χ0n) is 7.74. The van der Waals surface area contributed by atoms with Crippen LogP contribution in [0.4, 0.5) is 0 Å². The summed E-state index contributed by atoms with van der Waals surface area (Å²) in [7, 11) is 1.49. The molecule has 0 aliphatic rings. The van der Waals surface area contributed by atoms with Crippen molar-refractivity contribution in [1.82, 2.24) is 20.2 Å². The normalized spacial score (nSPS) is 10.4. The number of aromatic nitrogens is 4. The van der Waals surface area contributed by atoms with Crippen molar-refractivity contribution in [2.75, 3.05) is 7.11 Å². The van der Waals surface area contributed by atoms with Crippen LogP contribution < -0.4 is 4.74 Å². The first kappa shape index (κ1) is 8.61. The number of carbonyl (C=O) groups is 1. The lowest BCUT2D eigenvalue weighted by Gasteiger charge is -2.00. The molecule has 0 amide bonds. The molecule has 0 spiro atoms. The number of H-pyrrole nitrogens is 1. The van der Waals surface area contributed by atoms with Gasteiger partial charge in [-0.05, 0) is 6.92 Å². The molecule has 0 atom stereocenters. The average Bonchev–Trinajstić information content (AvgIpc) is 2.59. The number of aldehydes is 1. The highest BCUT2D eigenvalue weighted by atomic mass is 16.5. The Kier molecular flexibility index (Phi) is 1.88. The molecule has 0 saturated heterocycles. The molecule has 0 aliphatic heterocycles. The van der Waals surface area contributed by atoms with Crippen molar-refractivity contribution < 1.29 is 9.53 Å². The smallest absolute Gasteiger partial charge is 0.228 e. The van der Waals surface area contributed by atoms with E-state index < -0.39 is 0 Å². The van der Waals surface area contributed by atoms with Crippen molar-refractivity contribution in [2.24, 2.45) is 0 Å². The minimum Gasteiger partial charge on any atom is -0.480 e. The topological polar surface area (TPSA) is 80.8 Å². The number of hydrogen-bond donors (Lipinski definition) is 1. The van der Waals surface area contributed by atoms with Crippen LogP contribution >= 0.6 is 0 Å². The lowest BCUT2D eigenvalue weighted by atomic mass is 10.3. The highest BCUT2D eigenvalue weighted by molar-refractivity contribution is 5.96. The molecule has 2 aromatic heterocycles. The first-order valence-electron chi connectivity index (χ1n) is 3.98. The Morgan fingerprint density at radius 1 is 1.43 bits per heavy atom. The molecule has 6 heteroatoms. The Bertz CT molecular complexity index is 491. The number of aromatic amines is 1. The maximum Gasteiger partial charge on any atom is 0.228 e. The number of rotatable bonds is 2. The molecule has 6 nitrogen and oxygen atoms in total. The second kappa shape index (κ2) is 3.06. The number of ether oxygens (including phenoxy) is 1. The summed E-state index contributed by atoms with van der Waals surface area (Å²) in [6.45, 7) is 1.73. The molecule has 0 bridgehead atoms. The van der Waals surface area contributed by atoms with Gasteiger partial charge in [0.1, 0.15) is 16.9 Å². The number of methoxy groups -OCH3 is 1. The number of aryl methyl sites for hydroxylation is 1. The molecule has 2 rings (SSSR count). The second-order valence-electron chi connectivity index (χ2n) is 2.73. The fourth-order valence-electron chi connectivity index (χ4n) is 1.25. The third-order valence-corrected chi connectivity index (χ3v) is 1.83. The molecular formula is C8H8N4O2. The lowest BCUT2D eigenvalue weighted by Crippen LogP contribution is -1.95. The Morgan fingerprint density at radius 2 is 2.21 bits per heavy atom. The molecule has 0 fully saturated rings. The van der Waals surface area contributed by atoms with E-state index in [0.717, 1.165) is 0 Å². The summed E-state index contributed by atoms with van der Waals surface area (Å²) < 4.78 is 5.04. The maximum atomic E-state index is 10.7. The van der Waals surface area contributed by atoms with Crippen molar-refractivity contribution in [1.29, 1.82) is 0 Å². The van der Waals surface area contributed by atoms with Gasteiger partial charge in [-0.1, -0.05) is 0 Å². The number of carbonyl (C=O) groups excluding carboxylic acids is 1. The second-order valence-corrected chi connectivity index (χ2v) is 2.73. The fourth-order valence-corrected chi connectivity index (χ4v) is 1.25. The molecule has 0 saturated carbocycles. The monoisotopic (exact) mass is 192 g/mol. The van der Waals surface area contributed by atoms with Crippen LogP contribution in [0.5, 0.6) is 5.88 Å².